The van der Waals surface area contributed by atoms with Crippen molar-refractivity contribution in [2.45, 2.75) is 50.7 Å². The van der Waals surface area contributed by atoms with Crippen LogP contribution in [0.1, 0.15) is 32.6 Å². The molecule has 2 saturated carbocycles. The van der Waals surface area contributed by atoms with Gasteiger partial charge in [0.2, 0.25) is 11.8 Å². The second-order valence-electron chi connectivity index (χ2n) is 4.73. The van der Waals surface area contributed by atoms with E-state index >= 15 is 0 Å². The molecule has 0 bridgehead atoms. The van der Waals surface area contributed by atoms with E-state index in [1.54, 1.807) is 6.92 Å². The number of amides is 2. The van der Waals surface area contributed by atoms with Gasteiger partial charge in [-0.25, -0.2) is 0 Å². The van der Waals surface area contributed by atoms with Crippen molar-refractivity contribution in [3.63, 3.8) is 0 Å². The number of rotatable bonds is 6. The van der Waals surface area contributed by atoms with Crippen molar-refractivity contribution in [2.24, 2.45) is 0 Å². The van der Waals surface area contributed by atoms with Gasteiger partial charge in [0.25, 0.3) is 0 Å². The molecule has 0 aromatic rings. The van der Waals surface area contributed by atoms with Crippen molar-refractivity contribution < 1.29 is 9.59 Å². The summed E-state index contributed by atoms with van der Waals surface area (Å²) in [5, 5.41) is 8.65. The molecule has 0 aromatic carbocycles. The maximum atomic E-state index is 11.5. The number of hydrogen-bond donors (Lipinski definition) is 3. The number of carbonyl (C=O) groups is 2. The molecule has 2 amide bonds. The topological polar surface area (TPSA) is 70.2 Å². The lowest BCUT2D eigenvalue weighted by Gasteiger charge is -2.13. The van der Waals surface area contributed by atoms with Crippen LogP contribution < -0.4 is 16.0 Å². The monoisotopic (exact) mass is 225 g/mol. The highest BCUT2D eigenvalue weighted by molar-refractivity contribution is 5.88. The molecule has 0 aromatic heterocycles. The molecule has 3 N–H and O–H groups in total. The van der Waals surface area contributed by atoms with E-state index in [2.05, 4.69) is 16.0 Å². The summed E-state index contributed by atoms with van der Waals surface area (Å²) in [4.78, 5) is 23.0. The summed E-state index contributed by atoms with van der Waals surface area (Å²) in [6.45, 7) is 2.03. The second kappa shape index (κ2) is 4.82. The fourth-order valence-electron chi connectivity index (χ4n) is 1.44. The Morgan fingerprint density at radius 2 is 1.81 bits per heavy atom. The zero-order valence-corrected chi connectivity index (χ0v) is 9.58. The van der Waals surface area contributed by atoms with E-state index in [1.807, 2.05) is 0 Å². The summed E-state index contributed by atoms with van der Waals surface area (Å²) >= 11 is 0. The zero-order chi connectivity index (χ0) is 11.5. The molecule has 0 saturated heterocycles. The Morgan fingerprint density at radius 1 is 1.19 bits per heavy atom. The van der Waals surface area contributed by atoms with Crippen LogP contribution in [0.15, 0.2) is 0 Å². The van der Waals surface area contributed by atoms with Gasteiger partial charge in [-0.2, -0.15) is 0 Å². The Hall–Kier alpha value is -1.10. The lowest BCUT2D eigenvalue weighted by molar-refractivity contribution is -0.128. The number of hydrogen-bond acceptors (Lipinski definition) is 3. The number of nitrogens with one attached hydrogen (secondary N) is 3. The van der Waals surface area contributed by atoms with Gasteiger partial charge in [-0.15, -0.1) is 0 Å². The van der Waals surface area contributed by atoms with E-state index in [0.29, 0.717) is 18.6 Å². The predicted molar refractivity (Wildman–Crippen MR) is 59.8 cm³/mol. The minimum absolute atomic E-state index is 0.0812. The third-order valence-corrected chi connectivity index (χ3v) is 2.82. The lowest BCUT2D eigenvalue weighted by atomic mass is 10.3. The Labute approximate surface area is 95.3 Å². The van der Waals surface area contributed by atoms with Crippen LogP contribution in [-0.2, 0) is 9.59 Å². The highest BCUT2D eigenvalue weighted by Gasteiger charge is 2.26. The average molecular weight is 225 g/mol. The van der Waals surface area contributed by atoms with Gasteiger partial charge >= 0.3 is 0 Å². The molecule has 5 heteroatoms. The summed E-state index contributed by atoms with van der Waals surface area (Å²) in [6, 6.07) is 0.423. The van der Waals surface area contributed by atoms with Crippen LogP contribution in [0.4, 0.5) is 0 Å². The van der Waals surface area contributed by atoms with Crippen molar-refractivity contribution in [1.82, 2.24) is 16.0 Å². The first-order valence-corrected chi connectivity index (χ1v) is 5.98. The van der Waals surface area contributed by atoms with E-state index in [0.717, 1.165) is 25.7 Å². The lowest BCUT2D eigenvalue weighted by Crippen LogP contribution is -2.48. The third-order valence-electron chi connectivity index (χ3n) is 2.82. The molecule has 0 spiro atoms. The summed E-state index contributed by atoms with van der Waals surface area (Å²) in [5.74, 6) is -0.187. The molecule has 0 radical (unpaired) electrons. The van der Waals surface area contributed by atoms with Crippen molar-refractivity contribution >= 4 is 11.8 Å². The van der Waals surface area contributed by atoms with Crippen LogP contribution in [0.3, 0.4) is 0 Å². The summed E-state index contributed by atoms with van der Waals surface area (Å²) in [7, 11) is 0. The van der Waals surface area contributed by atoms with E-state index in [-0.39, 0.29) is 11.8 Å². The van der Waals surface area contributed by atoms with E-state index in [9.17, 15) is 9.59 Å². The van der Waals surface area contributed by atoms with Crippen LogP contribution in [0.25, 0.3) is 0 Å². The summed E-state index contributed by atoms with van der Waals surface area (Å²) < 4.78 is 0. The largest absolute Gasteiger partial charge is 0.352 e. The zero-order valence-electron chi connectivity index (χ0n) is 9.58. The van der Waals surface area contributed by atoms with E-state index in [4.69, 9.17) is 0 Å². The molecule has 2 aliphatic rings. The first-order valence-electron chi connectivity index (χ1n) is 5.98. The van der Waals surface area contributed by atoms with Crippen LogP contribution in [0.2, 0.25) is 0 Å². The maximum absolute atomic E-state index is 11.5. The molecule has 1 unspecified atom stereocenters. The Balaban J connectivity index is 1.61. The van der Waals surface area contributed by atoms with Gasteiger partial charge in [0.1, 0.15) is 6.04 Å². The minimum Gasteiger partial charge on any atom is -0.352 e. The normalized spacial score (nSPS) is 21.3. The minimum atomic E-state index is -0.436. The van der Waals surface area contributed by atoms with Gasteiger partial charge in [0.15, 0.2) is 0 Å². The van der Waals surface area contributed by atoms with E-state index in [1.165, 1.54) is 0 Å². The summed E-state index contributed by atoms with van der Waals surface area (Å²) in [6.07, 6.45) is 4.45. The molecular formula is C11H19N3O2. The van der Waals surface area contributed by atoms with Gasteiger partial charge < -0.3 is 16.0 Å². The molecule has 2 rings (SSSR count). The fourth-order valence-corrected chi connectivity index (χ4v) is 1.44. The molecule has 16 heavy (non-hydrogen) atoms. The SMILES string of the molecule is CC(NC(=O)CNC1CC1)C(=O)NC1CC1. The molecule has 5 nitrogen and oxygen atoms in total. The molecular weight excluding hydrogens is 206 g/mol. The van der Waals surface area contributed by atoms with Crippen LogP contribution in [0.5, 0.6) is 0 Å². The van der Waals surface area contributed by atoms with Gasteiger partial charge in [-0.1, -0.05) is 0 Å². The van der Waals surface area contributed by atoms with Gasteiger partial charge in [-0.05, 0) is 32.6 Å². The molecule has 90 valence electrons. The quantitative estimate of drug-likeness (QED) is 0.572. The Kier molecular flexibility index (Phi) is 3.43. The second-order valence-corrected chi connectivity index (χ2v) is 4.73. The van der Waals surface area contributed by atoms with Crippen LogP contribution in [-0.4, -0.2) is 36.5 Å². The van der Waals surface area contributed by atoms with Crippen molar-refractivity contribution in [3.05, 3.63) is 0 Å². The molecule has 0 aliphatic heterocycles. The van der Waals surface area contributed by atoms with Crippen molar-refractivity contribution in [1.29, 1.82) is 0 Å². The van der Waals surface area contributed by atoms with Crippen LogP contribution in [0, 0.1) is 0 Å². The Morgan fingerprint density at radius 3 is 2.38 bits per heavy atom. The number of carbonyl (C=O) groups excluding carboxylic acids is 2. The molecule has 1 atom stereocenters. The van der Waals surface area contributed by atoms with Gasteiger partial charge in [0, 0.05) is 12.1 Å². The highest BCUT2D eigenvalue weighted by Crippen LogP contribution is 2.18. The Bertz CT molecular complexity index is 285. The molecule has 2 aliphatic carbocycles. The van der Waals surface area contributed by atoms with Crippen molar-refractivity contribution in [2.75, 3.05) is 6.54 Å². The average Bonchev–Trinajstić information content (AvgIpc) is 3.09. The van der Waals surface area contributed by atoms with Gasteiger partial charge in [0.05, 0.1) is 6.54 Å². The predicted octanol–water partition coefficient (Wildman–Crippen LogP) is -0.478. The first kappa shape index (κ1) is 11.4. The summed E-state index contributed by atoms with van der Waals surface area (Å²) in [5.41, 5.74) is 0. The van der Waals surface area contributed by atoms with E-state index < -0.39 is 6.04 Å². The highest BCUT2D eigenvalue weighted by atomic mass is 16.2. The smallest absolute Gasteiger partial charge is 0.242 e. The van der Waals surface area contributed by atoms with Crippen molar-refractivity contribution in [3.8, 4) is 0 Å². The van der Waals surface area contributed by atoms with Crippen LogP contribution >= 0.6 is 0 Å². The van der Waals surface area contributed by atoms with Gasteiger partial charge in [-0.3, -0.25) is 9.59 Å². The molecule has 2 fully saturated rings. The maximum Gasteiger partial charge on any atom is 0.242 e. The standard InChI is InChI=1S/C11H19N3O2/c1-7(11(16)14-9-4-5-9)13-10(15)6-12-8-2-3-8/h7-9,12H,2-6H2,1H3,(H,13,15)(H,14,16). The molecule has 0 heterocycles. The fraction of sp³-hybridized carbons (Fsp3) is 0.818. The first-order chi connectivity index (χ1) is 7.65. The third kappa shape index (κ3) is 3.81.